The van der Waals surface area contributed by atoms with Crippen molar-refractivity contribution in [3.05, 3.63) is 23.3 Å². The van der Waals surface area contributed by atoms with Crippen LogP contribution in [0.15, 0.2) is 23.3 Å². The second kappa shape index (κ2) is 13.5. The molecule has 33 heavy (non-hydrogen) atoms. The van der Waals surface area contributed by atoms with E-state index in [1.54, 1.807) is 11.1 Å². The number of hydrogen-bond donors (Lipinski definition) is 0. The maximum Gasteiger partial charge on any atom is 0.0503 e. The van der Waals surface area contributed by atoms with Crippen molar-refractivity contribution in [2.75, 3.05) is 13.2 Å². The van der Waals surface area contributed by atoms with Gasteiger partial charge in [-0.2, -0.15) is 0 Å². The average Bonchev–Trinajstić information content (AvgIpc) is 2.89. The summed E-state index contributed by atoms with van der Waals surface area (Å²) >= 11 is 0. The summed E-state index contributed by atoms with van der Waals surface area (Å²) in [5.41, 5.74) is 3.37. The molecule has 0 spiro atoms. The minimum absolute atomic E-state index is 0.939. The van der Waals surface area contributed by atoms with Gasteiger partial charge < -0.3 is 4.74 Å². The maximum atomic E-state index is 6.09. The summed E-state index contributed by atoms with van der Waals surface area (Å²) in [7, 11) is 0. The van der Waals surface area contributed by atoms with E-state index in [0.717, 1.165) is 48.7 Å². The quantitative estimate of drug-likeness (QED) is 0.236. The van der Waals surface area contributed by atoms with E-state index in [-0.39, 0.29) is 0 Å². The highest BCUT2D eigenvalue weighted by atomic mass is 16.5. The molecule has 4 rings (SSSR count). The molecule has 0 saturated heterocycles. The third-order valence-corrected chi connectivity index (χ3v) is 10.5. The summed E-state index contributed by atoms with van der Waals surface area (Å²) in [6, 6.07) is 0. The number of hydrogen-bond acceptors (Lipinski definition) is 1. The highest BCUT2D eigenvalue weighted by Gasteiger charge is 2.29. The summed E-state index contributed by atoms with van der Waals surface area (Å²) in [4.78, 5) is 0. The van der Waals surface area contributed by atoms with Gasteiger partial charge in [0.05, 0.1) is 13.2 Å². The van der Waals surface area contributed by atoms with E-state index in [4.69, 9.17) is 4.74 Å². The molecule has 0 aromatic rings. The monoisotopic (exact) mass is 454 g/mol. The van der Waals surface area contributed by atoms with Gasteiger partial charge in [0, 0.05) is 0 Å². The van der Waals surface area contributed by atoms with Crippen LogP contribution in [0.1, 0.15) is 129 Å². The van der Waals surface area contributed by atoms with Crippen LogP contribution in [-0.4, -0.2) is 13.2 Å². The zero-order chi connectivity index (χ0) is 22.9. The predicted octanol–water partition coefficient (Wildman–Crippen LogP) is 9.67. The fourth-order valence-electron chi connectivity index (χ4n) is 7.77. The minimum Gasteiger partial charge on any atom is -0.381 e. The Balaban J connectivity index is 1.05. The van der Waals surface area contributed by atoms with Gasteiger partial charge in [0.2, 0.25) is 0 Å². The highest BCUT2D eigenvalue weighted by molar-refractivity contribution is 5.08. The van der Waals surface area contributed by atoms with Gasteiger partial charge in [-0.15, -0.1) is 0 Å². The molecule has 0 aromatic carbocycles. The van der Waals surface area contributed by atoms with E-state index >= 15 is 0 Å². The molecule has 0 aliphatic heterocycles. The van der Waals surface area contributed by atoms with Gasteiger partial charge in [0.15, 0.2) is 0 Å². The van der Waals surface area contributed by atoms with Crippen molar-refractivity contribution in [3.8, 4) is 0 Å². The van der Waals surface area contributed by atoms with Crippen molar-refractivity contribution >= 4 is 0 Å². The Morgan fingerprint density at radius 2 is 1.00 bits per heavy atom. The van der Waals surface area contributed by atoms with E-state index in [1.165, 1.54) is 116 Å². The molecule has 2 fully saturated rings. The maximum absolute atomic E-state index is 6.09. The van der Waals surface area contributed by atoms with Gasteiger partial charge in [-0.25, -0.2) is 0 Å². The van der Waals surface area contributed by atoms with Crippen LogP contribution in [0.3, 0.4) is 0 Å². The Morgan fingerprint density at radius 3 is 1.33 bits per heavy atom. The van der Waals surface area contributed by atoms with Crippen molar-refractivity contribution < 1.29 is 4.74 Å². The average molecular weight is 455 g/mol. The Bertz CT molecular complexity index is 560. The van der Waals surface area contributed by atoms with Crippen LogP contribution >= 0.6 is 0 Å². The third-order valence-electron chi connectivity index (χ3n) is 10.5. The topological polar surface area (TPSA) is 9.23 Å². The van der Waals surface area contributed by atoms with Gasteiger partial charge in [0.1, 0.15) is 0 Å². The lowest BCUT2D eigenvalue weighted by atomic mass is 9.71. The number of ether oxygens (including phenoxy) is 1. The van der Waals surface area contributed by atoms with Gasteiger partial charge in [-0.3, -0.25) is 0 Å². The SMILES string of the molecule is CCC1CCC(C2CC=C(CCOCCC3=CCC(C4CCC(CC)CC4)CC3)CC2)CC1. The molecule has 4 aliphatic carbocycles. The van der Waals surface area contributed by atoms with E-state index in [9.17, 15) is 0 Å². The Labute approximate surface area is 206 Å². The standard InChI is InChI=1S/C32H54O/c1-3-25-5-13-29(14-6-25)31-17-9-27(10-18-31)21-23-33-24-22-28-11-19-32(20-12-28)30-15-7-26(4-2)8-16-30/h9,11,25-26,29-32H,3-8,10,12-24H2,1-2H3. The van der Waals surface area contributed by atoms with Crippen LogP contribution in [0, 0.1) is 35.5 Å². The second-order valence-corrected chi connectivity index (χ2v) is 12.3. The first-order valence-electron chi connectivity index (χ1n) is 15.2. The Kier molecular flexibility index (Phi) is 10.5. The number of allylic oxidation sites excluding steroid dienone is 2. The van der Waals surface area contributed by atoms with Gasteiger partial charge in [-0.1, -0.05) is 75.7 Å². The lowest BCUT2D eigenvalue weighted by Crippen LogP contribution is -2.23. The van der Waals surface area contributed by atoms with Gasteiger partial charge >= 0.3 is 0 Å². The summed E-state index contributed by atoms with van der Waals surface area (Å²) in [6.07, 6.45) is 30.7. The van der Waals surface area contributed by atoms with Gasteiger partial charge in [0.25, 0.3) is 0 Å². The summed E-state index contributed by atoms with van der Waals surface area (Å²) in [6.45, 7) is 6.64. The van der Waals surface area contributed by atoms with Crippen molar-refractivity contribution in [2.24, 2.45) is 35.5 Å². The Hall–Kier alpha value is -0.560. The molecule has 4 aliphatic rings. The second-order valence-electron chi connectivity index (χ2n) is 12.3. The molecule has 188 valence electrons. The first-order chi connectivity index (χ1) is 16.2. The molecule has 0 radical (unpaired) electrons. The van der Waals surface area contributed by atoms with Crippen molar-refractivity contribution in [3.63, 3.8) is 0 Å². The van der Waals surface area contributed by atoms with Crippen LogP contribution in [0.5, 0.6) is 0 Å². The van der Waals surface area contributed by atoms with Crippen molar-refractivity contribution in [1.82, 2.24) is 0 Å². The zero-order valence-corrected chi connectivity index (χ0v) is 22.2. The van der Waals surface area contributed by atoms with E-state index < -0.39 is 0 Å². The minimum atomic E-state index is 0.939. The van der Waals surface area contributed by atoms with E-state index in [1.807, 2.05) is 0 Å². The lowest BCUT2D eigenvalue weighted by molar-refractivity contribution is 0.136. The molecule has 2 saturated carbocycles. The zero-order valence-electron chi connectivity index (χ0n) is 22.2. The first-order valence-corrected chi connectivity index (χ1v) is 15.2. The van der Waals surface area contributed by atoms with Crippen LogP contribution in [-0.2, 0) is 4.74 Å². The molecule has 2 atom stereocenters. The Morgan fingerprint density at radius 1 is 0.576 bits per heavy atom. The van der Waals surface area contributed by atoms with E-state index in [0.29, 0.717) is 0 Å². The summed E-state index contributed by atoms with van der Waals surface area (Å²) < 4.78 is 6.09. The predicted molar refractivity (Wildman–Crippen MR) is 142 cm³/mol. The number of rotatable bonds is 10. The molecule has 1 nitrogen and oxygen atoms in total. The molecule has 0 bridgehead atoms. The molecular formula is C32H54O. The molecule has 1 heteroatoms. The fraction of sp³-hybridized carbons (Fsp3) is 0.875. The molecule has 0 N–H and O–H groups in total. The first kappa shape index (κ1) is 25.5. The van der Waals surface area contributed by atoms with Crippen LogP contribution in [0.25, 0.3) is 0 Å². The normalized spacial score (nSPS) is 35.7. The lowest BCUT2D eigenvalue weighted by Gasteiger charge is -2.35. The molecule has 0 heterocycles. The molecular weight excluding hydrogens is 400 g/mol. The van der Waals surface area contributed by atoms with Crippen LogP contribution in [0.2, 0.25) is 0 Å². The summed E-state index contributed by atoms with van der Waals surface area (Å²) in [5, 5.41) is 0. The molecule has 2 unspecified atom stereocenters. The molecule has 0 amide bonds. The van der Waals surface area contributed by atoms with Crippen LogP contribution < -0.4 is 0 Å². The van der Waals surface area contributed by atoms with Crippen molar-refractivity contribution in [1.29, 1.82) is 0 Å². The van der Waals surface area contributed by atoms with Crippen LogP contribution in [0.4, 0.5) is 0 Å². The van der Waals surface area contributed by atoms with Gasteiger partial charge in [-0.05, 0) is 113 Å². The van der Waals surface area contributed by atoms with Crippen molar-refractivity contribution in [2.45, 2.75) is 129 Å². The largest absolute Gasteiger partial charge is 0.381 e. The fourth-order valence-corrected chi connectivity index (χ4v) is 7.77. The highest BCUT2D eigenvalue weighted by Crippen LogP contribution is 2.42. The van der Waals surface area contributed by atoms with E-state index in [2.05, 4.69) is 26.0 Å². The third kappa shape index (κ3) is 7.71. The summed E-state index contributed by atoms with van der Waals surface area (Å²) in [5.74, 6) is 6.08. The molecule has 0 aromatic heterocycles. The smallest absolute Gasteiger partial charge is 0.0503 e.